The van der Waals surface area contributed by atoms with Crippen LogP contribution in [0.15, 0.2) is 45.7 Å². The second-order valence-corrected chi connectivity index (χ2v) is 10.2. The summed E-state index contributed by atoms with van der Waals surface area (Å²) in [4.78, 5) is 14.8. The molecule has 3 heterocycles. The normalized spacial score (nSPS) is 15.7. The molecule has 1 aliphatic rings. The summed E-state index contributed by atoms with van der Waals surface area (Å²) in [5.41, 5.74) is 2.25. The van der Waals surface area contributed by atoms with Gasteiger partial charge in [0.05, 0.1) is 11.7 Å². The number of aryl methyl sites for hydroxylation is 1. The lowest BCUT2D eigenvalue weighted by Gasteiger charge is -2.33. The minimum atomic E-state index is -3.74. The van der Waals surface area contributed by atoms with Crippen molar-refractivity contribution in [1.29, 1.82) is 0 Å². The Bertz CT molecular complexity index is 1420. The lowest BCUT2D eigenvalue weighted by Crippen LogP contribution is -2.50. The van der Waals surface area contributed by atoms with Crippen molar-refractivity contribution in [2.75, 3.05) is 26.2 Å². The fraction of sp³-hybridized carbons (Fsp3) is 0.250. The molecule has 0 unspecified atom stereocenters. The van der Waals surface area contributed by atoms with E-state index in [4.69, 9.17) is 16.0 Å². The van der Waals surface area contributed by atoms with Crippen LogP contribution in [0, 0.1) is 6.92 Å². The van der Waals surface area contributed by atoms with Gasteiger partial charge in [-0.2, -0.15) is 13.1 Å². The summed E-state index contributed by atoms with van der Waals surface area (Å²) < 4.78 is 41.8. The molecule has 1 saturated heterocycles. The quantitative estimate of drug-likeness (QED) is 0.448. The van der Waals surface area contributed by atoms with Crippen LogP contribution >= 0.6 is 23.3 Å². The van der Waals surface area contributed by atoms with Gasteiger partial charge in [0.1, 0.15) is 21.5 Å². The fourth-order valence-electron chi connectivity index (χ4n) is 3.80. The average molecular weight is 477 g/mol. The molecule has 4 aromatic rings. The van der Waals surface area contributed by atoms with E-state index in [0.717, 1.165) is 22.7 Å². The summed E-state index contributed by atoms with van der Waals surface area (Å²) in [5.74, 6) is -0.000405. The van der Waals surface area contributed by atoms with Gasteiger partial charge in [-0.3, -0.25) is 4.79 Å². The molecule has 11 heteroatoms. The highest BCUT2D eigenvalue weighted by Gasteiger charge is 2.33. The first kappa shape index (κ1) is 20.4. The number of aromatic nitrogens is 2. The van der Waals surface area contributed by atoms with E-state index in [2.05, 4.69) is 8.75 Å². The average Bonchev–Trinajstić information content (AvgIpc) is 3.38. The maximum absolute atomic E-state index is 13.2. The number of benzene rings is 2. The van der Waals surface area contributed by atoms with Crippen molar-refractivity contribution >= 4 is 61.3 Å². The van der Waals surface area contributed by atoms with Crippen molar-refractivity contribution in [3.8, 4) is 0 Å². The number of furan rings is 1. The molecule has 0 N–H and O–H groups in total. The maximum Gasteiger partial charge on any atom is 0.289 e. The van der Waals surface area contributed by atoms with E-state index in [9.17, 15) is 13.2 Å². The Hall–Kier alpha value is -2.53. The molecule has 0 atom stereocenters. The van der Waals surface area contributed by atoms with Crippen LogP contribution < -0.4 is 0 Å². The van der Waals surface area contributed by atoms with Crippen molar-refractivity contribution in [3.63, 3.8) is 0 Å². The van der Waals surface area contributed by atoms with Gasteiger partial charge < -0.3 is 9.32 Å². The highest BCUT2D eigenvalue weighted by Crippen LogP contribution is 2.30. The predicted octanol–water partition coefficient (Wildman–Crippen LogP) is 3.55. The number of amides is 1. The van der Waals surface area contributed by atoms with Crippen LogP contribution in [0.1, 0.15) is 16.1 Å². The van der Waals surface area contributed by atoms with Crippen molar-refractivity contribution < 1.29 is 17.6 Å². The topological polar surface area (TPSA) is 96.6 Å². The minimum absolute atomic E-state index is 0.142. The first-order valence-electron chi connectivity index (χ1n) is 9.55. The zero-order valence-corrected chi connectivity index (χ0v) is 18.8. The smallest absolute Gasteiger partial charge is 0.289 e. The molecule has 2 aromatic heterocycles. The van der Waals surface area contributed by atoms with Gasteiger partial charge in [-0.25, -0.2) is 8.42 Å². The van der Waals surface area contributed by atoms with Gasteiger partial charge in [0.25, 0.3) is 5.91 Å². The highest BCUT2D eigenvalue weighted by molar-refractivity contribution is 7.89. The molecule has 0 aliphatic carbocycles. The van der Waals surface area contributed by atoms with E-state index in [1.165, 1.54) is 4.31 Å². The van der Waals surface area contributed by atoms with Crippen LogP contribution in [0.4, 0.5) is 0 Å². The third-order valence-electron chi connectivity index (χ3n) is 5.49. The molecular weight excluding hydrogens is 460 g/mol. The van der Waals surface area contributed by atoms with Gasteiger partial charge >= 0.3 is 0 Å². The Morgan fingerprint density at radius 2 is 1.90 bits per heavy atom. The number of piperazine rings is 1. The van der Waals surface area contributed by atoms with E-state index in [1.807, 2.05) is 6.92 Å². The SMILES string of the molecule is Cc1c(C(=O)N2CCN(S(=O)(=O)c3cccc4nsnc34)CC2)oc2ccc(Cl)cc12. The Morgan fingerprint density at radius 1 is 1.13 bits per heavy atom. The second-order valence-electron chi connectivity index (χ2n) is 7.28. The Labute approximate surface area is 187 Å². The number of carbonyl (C=O) groups is 1. The summed E-state index contributed by atoms with van der Waals surface area (Å²) in [6.45, 7) is 2.72. The Balaban J connectivity index is 1.36. The maximum atomic E-state index is 13.2. The fourth-order valence-corrected chi connectivity index (χ4v) is 6.15. The minimum Gasteiger partial charge on any atom is -0.451 e. The third kappa shape index (κ3) is 3.39. The van der Waals surface area contributed by atoms with E-state index >= 15 is 0 Å². The van der Waals surface area contributed by atoms with Crippen LogP contribution in [0.5, 0.6) is 0 Å². The van der Waals surface area contributed by atoms with Crippen LogP contribution in [-0.2, 0) is 10.0 Å². The standard InChI is InChI=1S/C20H17ClN4O4S2/c1-12-14-11-13(21)5-6-16(14)29-19(12)20(26)24-7-9-25(10-8-24)31(27,28)17-4-2-3-15-18(17)23-30-22-15/h2-6,11H,7-10H2,1H3. The lowest BCUT2D eigenvalue weighted by atomic mass is 10.1. The van der Waals surface area contributed by atoms with E-state index < -0.39 is 10.0 Å². The summed E-state index contributed by atoms with van der Waals surface area (Å²) in [6, 6.07) is 10.2. The molecule has 1 aliphatic heterocycles. The lowest BCUT2D eigenvalue weighted by molar-refractivity contribution is 0.0667. The van der Waals surface area contributed by atoms with Crippen LogP contribution in [-0.4, -0.2) is 58.5 Å². The number of hydrogen-bond acceptors (Lipinski definition) is 7. The number of fused-ring (bicyclic) bond motifs is 2. The second kappa shape index (κ2) is 7.56. The molecule has 2 aromatic carbocycles. The molecule has 8 nitrogen and oxygen atoms in total. The van der Waals surface area contributed by atoms with Gasteiger partial charge in [0.2, 0.25) is 10.0 Å². The van der Waals surface area contributed by atoms with Gasteiger partial charge in [-0.15, -0.1) is 0 Å². The van der Waals surface area contributed by atoms with Crippen molar-refractivity contribution in [2.24, 2.45) is 0 Å². The molecule has 1 amide bonds. The molecule has 0 spiro atoms. The number of carbonyl (C=O) groups excluding carboxylic acids is 1. The zero-order chi connectivity index (χ0) is 21.8. The summed E-state index contributed by atoms with van der Waals surface area (Å²) in [6.07, 6.45) is 0. The van der Waals surface area contributed by atoms with Gasteiger partial charge in [0, 0.05) is 42.2 Å². The number of nitrogens with zero attached hydrogens (tertiary/aromatic N) is 4. The number of sulfonamides is 1. The molecule has 31 heavy (non-hydrogen) atoms. The predicted molar refractivity (Wildman–Crippen MR) is 118 cm³/mol. The largest absolute Gasteiger partial charge is 0.451 e. The molecular formula is C20H17ClN4O4S2. The van der Waals surface area contributed by atoms with E-state index in [0.29, 0.717) is 21.6 Å². The molecule has 0 bridgehead atoms. The number of hydrogen-bond donors (Lipinski definition) is 0. The number of rotatable bonds is 3. The molecule has 0 radical (unpaired) electrons. The summed E-state index contributed by atoms with van der Waals surface area (Å²) >= 11 is 7.04. The molecule has 0 saturated carbocycles. The van der Waals surface area contributed by atoms with Crippen molar-refractivity contribution in [1.82, 2.24) is 18.0 Å². The van der Waals surface area contributed by atoms with Crippen molar-refractivity contribution in [3.05, 3.63) is 52.7 Å². The van der Waals surface area contributed by atoms with Crippen molar-refractivity contribution in [2.45, 2.75) is 11.8 Å². The molecule has 1 fully saturated rings. The summed E-state index contributed by atoms with van der Waals surface area (Å²) in [7, 11) is -3.74. The first-order chi connectivity index (χ1) is 14.9. The number of halogens is 1. The molecule has 160 valence electrons. The van der Waals surface area contributed by atoms with Crippen LogP contribution in [0.25, 0.3) is 22.0 Å². The van der Waals surface area contributed by atoms with Crippen LogP contribution in [0.3, 0.4) is 0 Å². The third-order valence-corrected chi connectivity index (χ3v) is 8.19. The van der Waals surface area contributed by atoms with E-state index in [1.54, 1.807) is 41.3 Å². The zero-order valence-electron chi connectivity index (χ0n) is 16.4. The Kier molecular flexibility index (Phi) is 4.97. The molecule has 5 rings (SSSR count). The van der Waals surface area contributed by atoms with Gasteiger partial charge in [-0.1, -0.05) is 17.7 Å². The van der Waals surface area contributed by atoms with Gasteiger partial charge in [0.15, 0.2) is 5.76 Å². The summed E-state index contributed by atoms with van der Waals surface area (Å²) in [5, 5.41) is 1.36. The monoisotopic (exact) mass is 476 g/mol. The van der Waals surface area contributed by atoms with E-state index in [-0.39, 0.29) is 42.7 Å². The van der Waals surface area contributed by atoms with Crippen LogP contribution in [0.2, 0.25) is 5.02 Å². The Morgan fingerprint density at radius 3 is 2.68 bits per heavy atom. The highest BCUT2D eigenvalue weighted by atomic mass is 35.5. The van der Waals surface area contributed by atoms with Gasteiger partial charge in [-0.05, 0) is 37.3 Å². The first-order valence-corrected chi connectivity index (χ1v) is 12.1.